The van der Waals surface area contributed by atoms with Crippen molar-refractivity contribution >= 4 is 11.3 Å². The Morgan fingerprint density at radius 2 is 2.33 bits per heavy atom. The van der Waals surface area contributed by atoms with Crippen LogP contribution in [0.15, 0.2) is 17.5 Å². The van der Waals surface area contributed by atoms with Gasteiger partial charge in [-0.1, -0.05) is 6.07 Å². The van der Waals surface area contributed by atoms with Crippen LogP contribution in [0.25, 0.3) is 0 Å². The predicted molar refractivity (Wildman–Crippen MR) is 75.0 cm³/mol. The molecule has 3 nitrogen and oxygen atoms in total. The molecule has 3 rings (SSSR count). The fourth-order valence-electron chi connectivity index (χ4n) is 3.23. The van der Waals surface area contributed by atoms with Gasteiger partial charge in [0, 0.05) is 31.1 Å². The van der Waals surface area contributed by atoms with Gasteiger partial charge in [-0.3, -0.25) is 4.90 Å². The van der Waals surface area contributed by atoms with Crippen molar-refractivity contribution in [2.75, 3.05) is 39.8 Å². The van der Waals surface area contributed by atoms with Gasteiger partial charge in [-0.05, 0) is 37.9 Å². The number of piperidine rings is 1. The smallest absolute Gasteiger partial charge is 0.0935 e. The summed E-state index contributed by atoms with van der Waals surface area (Å²) in [6.45, 7) is 6.46. The number of likely N-dealkylation sites (N-methyl/N-ethyl adjacent to an activating group) is 1. The number of thiophene rings is 1. The van der Waals surface area contributed by atoms with E-state index in [0.29, 0.717) is 0 Å². The molecule has 2 aliphatic rings. The Hall–Kier alpha value is -0.420. The number of hydrogen-bond acceptors (Lipinski definition) is 4. The monoisotopic (exact) mass is 266 g/mol. The zero-order valence-corrected chi connectivity index (χ0v) is 11.9. The van der Waals surface area contributed by atoms with E-state index in [9.17, 15) is 0 Å². The number of ether oxygens (including phenoxy) is 1. The summed E-state index contributed by atoms with van der Waals surface area (Å²) in [6, 6.07) is 4.38. The van der Waals surface area contributed by atoms with Crippen molar-refractivity contribution in [1.29, 1.82) is 0 Å². The molecule has 1 spiro atoms. The van der Waals surface area contributed by atoms with E-state index in [2.05, 4.69) is 34.4 Å². The first kappa shape index (κ1) is 12.6. The summed E-state index contributed by atoms with van der Waals surface area (Å²) in [5.74, 6) is 0. The molecular weight excluding hydrogens is 244 g/mol. The van der Waals surface area contributed by atoms with Crippen molar-refractivity contribution in [2.24, 2.45) is 0 Å². The lowest BCUT2D eigenvalue weighted by Crippen LogP contribution is -2.58. The van der Waals surface area contributed by atoms with E-state index in [1.807, 2.05) is 11.3 Å². The van der Waals surface area contributed by atoms with Gasteiger partial charge < -0.3 is 9.64 Å². The second kappa shape index (κ2) is 5.29. The first-order chi connectivity index (χ1) is 8.76. The van der Waals surface area contributed by atoms with Gasteiger partial charge in [-0.25, -0.2) is 0 Å². The highest BCUT2D eigenvalue weighted by atomic mass is 32.1. The Kier molecular flexibility index (Phi) is 3.71. The van der Waals surface area contributed by atoms with E-state index in [4.69, 9.17) is 4.74 Å². The van der Waals surface area contributed by atoms with E-state index in [1.165, 1.54) is 24.3 Å². The molecule has 0 aliphatic carbocycles. The van der Waals surface area contributed by atoms with E-state index < -0.39 is 0 Å². The van der Waals surface area contributed by atoms with Gasteiger partial charge in [-0.15, -0.1) is 11.3 Å². The molecule has 1 aromatic heterocycles. The molecule has 0 N–H and O–H groups in total. The average Bonchev–Trinajstić information content (AvgIpc) is 2.81. The van der Waals surface area contributed by atoms with Gasteiger partial charge in [0.25, 0.3) is 0 Å². The fraction of sp³-hybridized carbons (Fsp3) is 0.714. The van der Waals surface area contributed by atoms with Crippen molar-refractivity contribution in [3.8, 4) is 0 Å². The highest BCUT2D eigenvalue weighted by Gasteiger charge is 2.39. The van der Waals surface area contributed by atoms with Gasteiger partial charge in [0.1, 0.15) is 0 Å². The Morgan fingerprint density at radius 1 is 1.39 bits per heavy atom. The number of nitrogens with zero attached hydrogens (tertiary/aromatic N) is 2. The third kappa shape index (κ3) is 2.77. The fourth-order valence-corrected chi connectivity index (χ4v) is 3.98. The molecule has 18 heavy (non-hydrogen) atoms. The molecule has 3 heterocycles. The molecule has 4 heteroatoms. The van der Waals surface area contributed by atoms with Crippen LogP contribution in [0.3, 0.4) is 0 Å². The molecule has 2 saturated heterocycles. The summed E-state index contributed by atoms with van der Waals surface area (Å²) in [4.78, 5) is 6.45. The molecule has 0 amide bonds. The van der Waals surface area contributed by atoms with Crippen molar-refractivity contribution in [2.45, 2.75) is 25.0 Å². The molecular formula is C14H22N2OS. The van der Waals surface area contributed by atoms with Crippen LogP contribution in [-0.4, -0.2) is 55.2 Å². The van der Waals surface area contributed by atoms with E-state index in [1.54, 1.807) is 0 Å². The quantitative estimate of drug-likeness (QED) is 0.815. The zero-order chi connectivity index (χ0) is 12.4. The Labute approximate surface area is 113 Å². The van der Waals surface area contributed by atoms with Crippen LogP contribution in [0.5, 0.6) is 0 Å². The lowest BCUT2D eigenvalue weighted by molar-refractivity contribution is -0.136. The maximum absolute atomic E-state index is 6.15. The standard InChI is InChI=1S/C14H22N2OS/c1-15-7-8-17-14(11-15)5-3-6-16(12-14)10-13-4-2-9-18-13/h2,4,9H,3,5-8,10-12H2,1H3/t14-/m0/s1. The Bertz CT molecular complexity index is 377. The SMILES string of the molecule is CN1CCO[C@@]2(CCCN(Cc3cccs3)C2)C1. The van der Waals surface area contributed by atoms with Crippen LogP contribution in [0, 0.1) is 0 Å². The molecule has 0 radical (unpaired) electrons. The van der Waals surface area contributed by atoms with Crippen LogP contribution < -0.4 is 0 Å². The summed E-state index contributed by atoms with van der Waals surface area (Å²) in [7, 11) is 2.21. The summed E-state index contributed by atoms with van der Waals surface area (Å²) in [5.41, 5.74) is 0.0997. The largest absolute Gasteiger partial charge is 0.371 e. The van der Waals surface area contributed by atoms with Crippen molar-refractivity contribution in [3.05, 3.63) is 22.4 Å². The van der Waals surface area contributed by atoms with Crippen molar-refractivity contribution in [3.63, 3.8) is 0 Å². The number of hydrogen-bond donors (Lipinski definition) is 0. The van der Waals surface area contributed by atoms with Crippen molar-refractivity contribution < 1.29 is 4.74 Å². The lowest BCUT2D eigenvalue weighted by Gasteiger charge is -2.47. The molecule has 2 fully saturated rings. The topological polar surface area (TPSA) is 15.7 Å². The number of morpholine rings is 1. The second-order valence-corrected chi connectivity index (χ2v) is 6.70. The third-order valence-electron chi connectivity index (χ3n) is 4.02. The molecule has 2 aliphatic heterocycles. The number of likely N-dealkylation sites (tertiary alicyclic amines) is 1. The minimum atomic E-state index is 0.0997. The van der Waals surface area contributed by atoms with Gasteiger partial charge in [0.2, 0.25) is 0 Å². The minimum Gasteiger partial charge on any atom is -0.371 e. The third-order valence-corrected chi connectivity index (χ3v) is 4.88. The highest BCUT2D eigenvalue weighted by Crippen LogP contribution is 2.29. The minimum absolute atomic E-state index is 0.0997. The van der Waals surface area contributed by atoms with Crippen molar-refractivity contribution in [1.82, 2.24) is 9.80 Å². The van der Waals surface area contributed by atoms with Crippen LogP contribution in [0.2, 0.25) is 0 Å². The first-order valence-electron chi connectivity index (χ1n) is 6.83. The van der Waals surface area contributed by atoms with E-state index in [-0.39, 0.29) is 5.60 Å². The van der Waals surface area contributed by atoms with E-state index in [0.717, 1.165) is 32.8 Å². The zero-order valence-electron chi connectivity index (χ0n) is 11.1. The maximum atomic E-state index is 6.15. The van der Waals surface area contributed by atoms with Gasteiger partial charge >= 0.3 is 0 Å². The molecule has 100 valence electrons. The average molecular weight is 266 g/mol. The maximum Gasteiger partial charge on any atom is 0.0935 e. The molecule has 0 aromatic carbocycles. The Morgan fingerprint density at radius 3 is 3.11 bits per heavy atom. The van der Waals surface area contributed by atoms with E-state index >= 15 is 0 Å². The molecule has 0 saturated carbocycles. The molecule has 1 aromatic rings. The van der Waals surface area contributed by atoms with Crippen LogP contribution in [0.1, 0.15) is 17.7 Å². The lowest BCUT2D eigenvalue weighted by atomic mass is 9.91. The normalized spacial score (nSPS) is 30.9. The summed E-state index contributed by atoms with van der Waals surface area (Å²) in [5, 5.41) is 2.17. The molecule has 0 unspecified atom stereocenters. The number of rotatable bonds is 2. The second-order valence-electron chi connectivity index (χ2n) is 5.66. The summed E-state index contributed by atoms with van der Waals surface area (Å²) < 4.78 is 6.15. The highest BCUT2D eigenvalue weighted by molar-refractivity contribution is 7.09. The molecule has 0 bridgehead atoms. The first-order valence-corrected chi connectivity index (χ1v) is 7.71. The summed E-state index contributed by atoms with van der Waals surface area (Å²) in [6.07, 6.45) is 2.48. The summed E-state index contributed by atoms with van der Waals surface area (Å²) >= 11 is 1.86. The Balaban J connectivity index is 1.64. The predicted octanol–water partition coefficient (Wildman–Crippen LogP) is 2.04. The van der Waals surface area contributed by atoms with Crippen LogP contribution in [0.4, 0.5) is 0 Å². The molecule has 1 atom stereocenters. The van der Waals surface area contributed by atoms with Gasteiger partial charge in [0.05, 0.1) is 12.2 Å². The van der Waals surface area contributed by atoms with Gasteiger partial charge in [0.15, 0.2) is 0 Å². The van der Waals surface area contributed by atoms with Gasteiger partial charge in [-0.2, -0.15) is 0 Å². The van der Waals surface area contributed by atoms with Crippen LogP contribution >= 0.6 is 11.3 Å². The van der Waals surface area contributed by atoms with Crippen LogP contribution in [-0.2, 0) is 11.3 Å².